The van der Waals surface area contributed by atoms with E-state index in [4.69, 9.17) is 0 Å². The van der Waals surface area contributed by atoms with Gasteiger partial charge in [-0.25, -0.2) is 31.0 Å². The van der Waals surface area contributed by atoms with Gasteiger partial charge in [0.2, 0.25) is 10.0 Å². The quantitative estimate of drug-likeness (QED) is 0.689. The van der Waals surface area contributed by atoms with E-state index in [1.807, 2.05) is 0 Å². The minimum atomic E-state index is -3.93. The predicted octanol–water partition coefficient (Wildman–Crippen LogP) is 1.46. The van der Waals surface area contributed by atoms with E-state index in [2.05, 4.69) is 15.0 Å². The van der Waals surface area contributed by atoms with Gasteiger partial charge in [0.05, 0.1) is 17.7 Å². The first-order chi connectivity index (χ1) is 14.1. The first kappa shape index (κ1) is 22.6. The van der Waals surface area contributed by atoms with Gasteiger partial charge < -0.3 is 4.74 Å². The van der Waals surface area contributed by atoms with Crippen LogP contribution >= 0.6 is 11.3 Å². The Labute approximate surface area is 177 Å². The van der Waals surface area contributed by atoms with E-state index in [1.54, 1.807) is 0 Å². The van der Waals surface area contributed by atoms with E-state index in [0.29, 0.717) is 0 Å². The van der Waals surface area contributed by atoms with Gasteiger partial charge in [-0.15, -0.1) is 0 Å². The Bertz CT molecular complexity index is 1140. The molecule has 2 aromatic rings. The lowest BCUT2D eigenvalue weighted by molar-refractivity contribution is 0.187. The van der Waals surface area contributed by atoms with Crippen LogP contribution < -0.4 is 5.32 Å². The number of ether oxygens (including phenoxy) is 1. The number of aryl methyl sites for hydroxylation is 1. The maximum absolute atomic E-state index is 13.1. The molecule has 1 N–H and O–H groups in total. The molecular weight excluding hydrogens is 459 g/mol. The molecule has 2 heterocycles. The fourth-order valence-electron chi connectivity index (χ4n) is 2.84. The number of piperazine rings is 1. The van der Waals surface area contributed by atoms with Crippen molar-refractivity contribution in [2.75, 3.05) is 38.6 Å². The van der Waals surface area contributed by atoms with Gasteiger partial charge >= 0.3 is 6.09 Å². The molecule has 0 radical (unpaired) electrons. The van der Waals surface area contributed by atoms with Crippen LogP contribution in [0.3, 0.4) is 0 Å². The molecule has 0 bridgehead atoms. The molecule has 164 valence electrons. The molecule has 1 amide bonds. The zero-order valence-corrected chi connectivity index (χ0v) is 18.5. The third kappa shape index (κ3) is 4.46. The van der Waals surface area contributed by atoms with Crippen LogP contribution in [-0.2, 0) is 24.8 Å². The second kappa shape index (κ2) is 8.55. The second-order valence-corrected chi connectivity index (χ2v) is 11.3. The number of benzene rings is 1. The van der Waals surface area contributed by atoms with E-state index in [0.717, 1.165) is 27.8 Å². The Morgan fingerprint density at radius 1 is 1.07 bits per heavy atom. The first-order valence-corrected chi connectivity index (χ1v) is 12.3. The molecule has 1 aromatic heterocycles. The summed E-state index contributed by atoms with van der Waals surface area (Å²) in [6.45, 7) is 1.29. The average Bonchev–Trinajstić information content (AvgIpc) is 3.09. The summed E-state index contributed by atoms with van der Waals surface area (Å²) in [5.74, 6) is -0.550. The van der Waals surface area contributed by atoms with Crippen molar-refractivity contribution in [2.24, 2.45) is 0 Å². The third-order valence-electron chi connectivity index (χ3n) is 4.37. The van der Waals surface area contributed by atoms with Crippen LogP contribution in [0.4, 0.5) is 14.3 Å². The Morgan fingerprint density at radius 2 is 1.60 bits per heavy atom. The molecule has 30 heavy (non-hydrogen) atoms. The maximum atomic E-state index is 13.1. The lowest BCUT2D eigenvalue weighted by atomic mass is 10.4. The number of aromatic nitrogens is 1. The van der Waals surface area contributed by atoms with Crippen molar-refractivity contribution in [1.29, 1.82) is 0 Å². The molecule has 1 saturated heterocycles. The summed E-state index contributed by atoms with van der Waals surface area (Å²) >= 11 is 0.788. The molecule has 3 rings (SSSR count). The Morgan fingerprint density at radius 3 is 2.13 bits per heavy atom. The minimum absolute atomic E-state index is 0.0382. The van der Waals surface area contributed by atoms with Gasteiger partial charge in [0.15, 0.2) is 9.34 Å². The third-order valence-corrected chi connectivity index (χ3v) is 9.84. The number of amides is 1. The first-order valence-electron chi connectivity index (χ1n) is 8.64. The molecule has 0 unspecified atom stereocenters. The summed E-state index contributed by atoms with van der Waals surface area (Å²) in [5.41, 5.74) is 0.216. The second-order valence-electron chi connectivity index (χ2n) is 6.27. The summed E-state index contributed by atoms with van der Waals surface area (Å²) < 4.78 is 71.2. The summed E-state index contributed by atoms with van der Waals surface area (Å²) in [5, 5.41) is 2.41. The number of nitrogens with zero attached hydrogens (tertiary/aromatic N) is 3. The summed E-state index contributed by atoms with van der Waals surface area (Å²) in [6, 6.07) is 4.45. The number of methoxy groups -OCH3 is 1. The number of sulfonamides is 2. The number of rotatable bonds is 5. The number of nitrogens with one attached hydrogen (secondary N) is 1. The van der Waals surface area contributed by atoms with Gasteiger partial charge in [0.1, 0.15) is 5.82 Å². The molecular formula is C16H19FN4O6S3. The van der Waals surface area contributed by atoms with Gasteiger partial charge in [-0.1, -0.05) is 11.3 Å². The van der Waals surface area contributed by atoms with E-state index in [9.17, 15) is 26.0 Å². The Balaban J connectivity index is 1.74. The zero-order chi connectivity index (χ0) is 22.1. The van der Waals surface area contributed by atoms with Crippen molar-refractivity contribution in [1.82, 2.24) is 13.6 Å². The number of hydrogen-bond acceptors (Lipinski definition) is 8. The van der Waals surface area contributed by atoms with Crippen LogP contribution in [0.25, 0.3) is 0 Å². The highest BCUT2D eigenvalue weighted by Gasteiger charge is 2.35. The zero-order valence-electron chi connectivity index (χ0n) is 16.0. The highest BCUT2D eigenvalue weighted by molar-refractivity contribution is 7.91. The molecule has 10 nitrogen and oxygen atoms in total. The lowest BCUT2D eigenvalue weighted by Gasteiger charge is -2.33. The average molecular weight is 479 g/mol. The number of carbonyl (C=O) groups excluding carboxylic acids is 1. The summed E-state index contributed by atoms with van der Waals surface area (Å²) in [6.07, 6.45) is -0.771. The van der Waals surface area contributed by atoms with E-state index in [1.165, 1.54) is 30.5 Å². The topological polar surface area (TPSA) is 126 Å². The van der Waals surface area contributed by atoms with Crippen LogP contribution in [0.2, 0.25) is 0 Å². The molecule has 1 fully saturated rings. The number of hydrogen-bond donors (Lipinski definition) is 1. The number of anilines is 1. The predicted molar refractivity (Wildman–Crippen MR) is 107 cm³/mol. The van der Waals surface area contributed by atoms with Crippen molar-refractivity contribution >= 4 is 42.6 Å². The lowest BCUT2D eigenvalue weighted by Crippen LogP contribution is -2.50. The number of halogens is 1. The molecule has 14 heteroatoms. The minimum Gasteiger partial charge on any atom is -0.453 e. The smallest absolute Gasteiger partial charge is 0.413 e. The summed E-state index contributed by atoms with van der Waals surface area (Å²) in [4.78, 5) is 15.3. The van der Waals surface area contributed by atoms with Crippen LogP contribution in [0.15, 0.2) is 33.4 Å². The Kier molecular flexibility index (Phi) is 6.43. The number of carbonyl (C=O) groups is 1. The molecule has 0 spiro atoms. The highest BCUT2D eigenvalue weighted by Crippen LogP contribution is 2.31. The van der Waals surface area contributed by atoms with Crippen LogP contribution in [0.5, 0.6) is 0 Å². The van der Waals surface area contributed by atoms with Gasteiger partial charge in [-0.05, 0) is 31.2 Å². The van der Waals surface area contributed by atoms with E-state index in [-0.39, 0.29) is 46.1 Å². The molecule has 0 saturated carbocycles. The molecule has 1 aliphatic rings. The highest BCUT2D eigenvalue weighted by atomic mass is 32.2. The van der Waals surface area contributed by atoms with Crippen molar-refractivity contribution in [3.63, 3.8) is 0 Å². The standard InChI is InChI=1S/C16H19FN4O6S3/c1-11-14(28-15(18-11)19-16(22)27-2)30(25,26)21-9-7-20(8-10-21)29(23,24)13-5-3-12(17)4-6-13/h3-6H,7-10H2,1-2H3,(H,18,19,22). The van der Waals surface area contributed by atoms with Gasteiger partial charge in [-0.3, -0.25) is 5.32 Å². The number of thiazole rings is 1. The van der Waals surface area contributed by atoms with Crippen molar-refractivity contribution in [3.05, 3.63) is 35.8 Å². The van der Waals surface area contributed by atoms with Gasteiger partial charge in [0.25, 0.3) is 10.0 Å². The van der Waals surface area contributed by atoms with Crippen LogP contribution in [0, 0.1) is 12.7 Å². The molecule has 0 aliphatic carbocycles. The molecule has 1 aromatic carbocycles. The summed E-state index contributed by atoms with van der Waals surface area (Å²) in [7, 11) is -6.61. The fourth-order valence-corrected chi connectivity index (χ4v) is 7.22. The van der Waals surface area contributed by atoms with Crippen LogP contribution in [-0.4, -0.2) is 69.8 Å². The van der Waals surface area contributed by atoms with Gasteiger partial charge in [-0.2, -0.15) is 8.61 Å². The van der Waals surface area contributed by atoms with Crippen molar-refractivity contribution in [3.8, 4) is 0 Å². The Hall–Kier alpha value is -2.13. The van der Waals surface area contributed by atoms with Crippen molar-refractivity contribution in [2.45, 2.75) is 16.0 Å². The molecule has 1 aliphatic heterocycles. The maximum Gasteiger partial charge on any atom is 0.413 e. The van der Waals surface area contributed by atoms with E-state index < -0.39 is 32.0 Å². The molecule has 0 atom stereocenters. The van der Waals surface area contributed by atoms with Crippen LogP contribution in [0.1, 0.15) is 5.69 Å². The normalized spacial score (nSPS) is 16.4. The monoisotopic (exact) mass is 478 g/mol. The van der Waals surface area contributed by atoms with Crippen molar-refractivity contribution < 1.29 is 30.8 Å². The van der Waals surface area contributed by atoms with E-state index >= 15 is 0 Å². The SMILES string of the molecule is COC(=O)Nc1nc(C)c(S(=O)(=O)N2CCN(S(=O)(=O)c3ccc(F)cc3)CC2)s1. The fraction of sp³-hybridized carbons (Fsp3) is 0.375. The van der Waals surface area contributed by atoms with Gasteiger partial charge in [0, 0.05) is 26.2 Å². The largest absolute Gasteiger partial charge is 0.453 e.